The van der Waals surface area contributed by atoms with Crippen molar-refractivity contribution in [2.24, 2.45) is 0 Å². The zero-order valence-corrected chi connectivity index (χ0v) is 9.98. The number of hydrogen-bond acceptors (Lipinski definition) is 5. The second kappa shape index (κ2) is 5.25. The molecule has 0 N–H and O–H groups in total. The Bertz CT molecular complexity index is 540. The molecule has 0 bridgehead atoms. The summed E-state index contributed by atoms with van der Waals surface area (Å²) in [6, 6.07) is 1.86. The Morgan fingerprint density at radius 3 is 2.71 bits per heavy atom. The number of aromatic nitrogens is 2. The number of hydrogen-bond donors (Lipinski definition) is 0. The average Bonchev–Trinajstić information content (AvgIpc) is 2.32. The predicted molar refractivity (Wildman–Crippen MR) is 59.3 cm³/mol. The summed E-state index contributed by atoms with van der Waals surface area (Å²) in [4.78, 5) is 22.8. The van der Waals surface area contributed by atoms with Gasteiger partial charge in [0.25, 0.3) is 5.56 Å². The van der Waals surface area contributed by atoms with Crippen molar-refractivity contribution in [3.8, 4) is 6.07 Å². The highest BCUT2D eigenvalue weighted by atomic mass is 16.5. The van der Waals surface area contributed by atoms with E-state index in [4.69, 9.17) is 5.26 Å². The van der Waals surface area contributed by atoms with Crippen molar-refractivity contribution in [3.63, 3.8) is 0 Å². The molecular weight excluding hydrogens is 222 g/mol. The lowest BCUT2D eigenvalue weighted by molar-refractivity contribution is -0.140. The van der Waals surface area contributed by atoms with E-state index >= 15 is 0 Å². The van der Waals surface area contributed by atoms with Crippen LogP contribution in [0, 0.1) is 25.2 Å². The molecule has 1 aromatic rings. The van der Waals surface area contributed by atoms with Crippen molar-refractivity contribution in [3.05, 3.63) is 27.2 Å². The van der Waals surface area contributed by atoms with Crippen LogP contribution in [-0.2, 0) is 16.1 Å². The lowest BCUT2D eigenvalue weighted by Gasteiger charge is -2.07. The van der Waals surface area contributed by atoms with E-state index in [9.17, 15) is 9.59 Å². The fraction of sp³-hybridized carbons (Fsp3) is 0.455. The summed E-state index contributed by atoms with van der Waals surface area (Å²) in [6.07, 6.45) is 0.0524. The summed E-state index contributed by atoms with van der Waals surface area (Å²) in [5.74, 6) is -0.421. The Hall–Kier alpha value is -2.16. The minimum Gasteiger partial charge on any atom is -0.469 e. The first-order valence-electron chi connectivity index (χ1n) is 5.06. The number of rotatable bonds is 3. The van der Waals surface area contributed by atoms with Gasteiger partial charge in [-0.15, -0.1) is 0 Å². The van der Waals surface area contributed by atoms with Crippen LogP contribution in [0.25, 0.3) is 0 Å². The molecule has 0 aliphatic carbocycles. The van der Waals surface area contributed by atoms with Gasteiger partial charge in [0.2, 0.25) is 0 Å². The summed E-state index contributed by atoms with van der Waals surface area (Å²) in [7, 11) is 1.28. The molecule has 0 spiro atoms. The van der Waals surface area contributed by atoms with Crippen LogP contribution in [0.4, 0.5) is 0 Å². The van der Waals surface area contributed by atoms with Crippen LogP contribution in [0.5, 0.6) is 0 Å². The standard InChI is InChI=1S/C11H13N3O3/c1-7-8(2)13-14(5-4-10(15)17-3)11(16)9(7)6-12/h4-5H2,1-3H3. The van der Waals surface area contributed by atoms with E-state index in [0.29, 0.717) is 11.3 Å². The topological polar surface area (TPSA) is 85.0 Å². The molecule has 17 heavy (non-hydrogen) atoms. The molecule has 1 heterocycles. The zero-order chi connectivity index (χ0) is 13.0. The number of ether oxygens (including phenoxy) is 1. The van der Waals surface area contributed by atoms with Gasteiger partial charge in [-0.2, -0.15) is 10.4 Å². The normalized spacial score (nSPS) is 9.76. The molecule has 0 radical (unpaired) electrons. The highest BCUT2D eigenvalue weighted by Gasteiger charge is 2.12. The monoisotopic (exact) mass is 235 g/mol. The summed E-state index contributed by atoms with van der Waals surface area (Å²) in [5, 5.41) is 12.9. The lowest BCUT2D eigenvalue weighted by atomic mass is 10.1. The molecule has 0 atom stereocenters. The van der Waals surface area contributed by atoms with E-state index in [0.717, 1.165) is 4.68 Å². The van der Waals surface area contributed by atoms with Gasteiger partial charge in [-0.1, -0.05) is 0 Å². The Labute approximate surface area is 98.4 Å². The van der Waals surface area contributed by atoms with E-state index in [1.54, 1.807) is 13.8 Å². The maximum atomic E-state index is 11.8. The van der Waals surface area contributed by atoms with Crippen molar-refractivity contribution in [1.29, 1.82) is 5.26 Å². The van der Waals surface area contributed by atoms with Crippen molar-refractivity contribution < 1.29 is 9.53 Å². The number of carbonyl (C=O) groups is 1. The minimum absolute atomic E-state index is 0.0524. The number of nitriles is 1. The second-order valence-corrected chi connectivity index (χ2v) is 3.55. The highest BCUT2D eigenvalue weighted by Crippen LogP contribution is 2.04. The molecule has 6 nitrogen and oxygen atoms in total. The molecule has 0 amide bonds. The highest BCUT2D eigenvalue weighted by molar-refractivity contribution is 5.68. The van der Waals surface area contributed by atoms with Crippen molar-refractivity contribution in [2.75, 3.05) is 7.11 Å². The van der Waals surface area contributed by atoms with Gasteiger partial charge in [0.15, 0.2) is 0 Å². The fourth-order valence-electron chi connectivity index (χ4n) is 1.35. The molecule has 0 fully saturated rings. The molecule has 1 rings (SSSR count). The second-order valence-electron chi connectivity index (χ2n) is 3.55. The number of methoxy groups -OCH3 is 1. The average molecular weight is 235 g/mol. The number of esters is 1. The summed E-state index contributed by atoms with van der Waals surface area (Å²) >= 11 is 0. The van der Waals surface area contributed by atoms with Gasteiger partial charge in [-0.3, -0.25) is 9.59 Å². The van der Waals surface area contributed by atoms with Crippen LogP contribution < -0.4 is 5.56 Å². The van der Waals surface area contributed by atoms with Crippen LogP contribution in [-0.4, -0.2) is 22.9 Å². The van der Waals surface area contributed by atoms with E-state index in [2.05, 4.69) is 9.84 Å². The van der Waals surface area contributed by atoms with Gasteiger partial charge in [0, 0.05) is 0 Å². The molecular formula is C11H13N3O3. The van der Waals surface area contributed by atoms with E-state index < -0.39 is 11.5 Å². The Morgan fingerprint density at radius 2 is 2.18 bits per heavy atom. The summed E-state index contributed by atoms with van der Waals surface area (Å²) in [6.45, 7) is 3.50. The van der Waals surface area contributed by atoms with Gasteiger partial charge >= 0.3 is 5.97 Å². The Balaban J connectivity index is 3.11. The first-order chi connectivity index (χ1) is 8.01. The van der Waals surface area contributed by atoms with Crippen LogP contribution in [0.15, 0.2) is 4.79 Å². The van der Waals surface area contributed by atoms with Crippen LogP contribution >= 0.6 is 0 Å². The van der Waals surface area contributed by atoms with E-state index in [1.165, 1.54) is 7.11 Å². The van der Waals surface area contributed by atoms with Crippen molar-refractivity contribution >= 4 is 5.97 Å². The number of aryl methyl sites for hydroxylation is 2. The zero-order valence-electron chi connectivity index (χ0n) is 9.98. The van der Waals surface area contributed by atoms with E-state index in [1.807, 2.05) is 6.07 Å². The molecule has 0 aliphatic heterocycles. The SMILES string of the molecule is COC(=O)CCn1nc(C)c(C)c(C#N)c1=O. The van der Waals surface area contributed by atoms with Crippen LogP contribution in [0.3, 0.4) is 0 Å². The maximum absolute atomic E-state index is 11.8. The lowest BCUT2D eigenvalue weighted by Crippen LogP contribution is -2.28. The molecule has 0 aliphatic rings. The summed E-state index contributed by atoms with van der Waals surface area (Å²) < 4.78 is 5.60. The van der Waals surface area contributed by atoms with Gasteiger partial charge in [-0.25, -0.2) is 4.68 Å². The predicted octanol–water partition coefficient (Wildman–Crippen LogP) is 0.295. The molecule has 0 aromatic carbocycles. The third-order valence-electron chi connectivity index (χ3n) is 2.50. The van der Waals surface area contributed by atoms with Crippen molar-refractivity contribution in [1.82, 2.24) is 9.78 Å². The first-order valence-corrected chi connectivity index (χ1v) is 5.06. The van der Waals surface area contributed by atoms with Gasteiger partial charge < -0.3 is 4.74 Å². The van der Waals surface area contributed by atoms with Gasteiger partial charge in [0.1, 0.15) is 11.6 Å². The third kappa shape index (κ3) is 2.69. The fourth-order valence-corrected chi connectivity index (χ4v) is 1.35. The molecule has 0 saturated heterocycles. The molecule has 0 unspecified atom stereocenters. The molecule has 6 heteroatoms. The molecule has 1 aromatic heterocycles. The van der Waals surface area contributed by atoms with Crippen LogP contribution in [0.2, 0.25) is 0 Å². The third-order valence-corrected chi connectivity index (χ3v) is 2.50. The smallest absolute Gasteiger partial charge is 0.307 e. The number of nitrogens with zero attached hydrogens (tertiary/aromatic N) is 3. The Morgan fingerprint density at radius 1 is 1.53 bits per heavy atom. The Kier molecular flexibility index (Phi) is 3.99. The largest absolute Gasteiger partial charge is 0.469 e. The van der Waals surface area contributed by atoms with E-state index in [-0.39, 0.29) is 18.5 Å². The minimum atomic E-state index is -0.473. The molecule has 90 valence electrons. The van der Waals surface area contributed by atoms with Crippen molar-refractivity contribution in [2.45, 2.75) is 26.8 Å². The van der Waals surface area contributed by atoms with Crippen LogP contribution in [0.1, 0.15) is 23.2 Å². The van der Waals surface area contributed by atoms with Gasteiger partial charge in [0.05, 0.1) is 25.8 Å². The number of carbonyl (C=O) groups excluding carboxylic acids is 1. The van der Waals surface area contributed by atoms with Gasteiger partial charge in [-0.05, 0) is 19.4 Å². The quantitative estimate of drug-likeness (QED) is 0.703. The molecule has 0 saturated carbocycles. The summed E-state index contributed by atoms with van der Waals surface area (Å²) in [5.41, 5.74) is 0.778. The first kappa shape index (κ1) is 12.9. The maximum Gasteiger partial charge on any atom is 0.307 e.